The molecule has 0 bridgehead atoms. The van der Waals surface area contributed by atoms with Gasteiger partial charge in [0.15, 0.2) is 0 Å². The Balaban J connectivity index is 2.40. The average Bonchev–Trinajstić information content (AvgIpc) is 2.54. The van der Waals surface area contributed by atoms with Crippen LogP contribution in [0.15, 0.2) is 42.5 Å². The van der Waals surface area contributed by atoms with Gasteiger partial charge in [0.1, 0.15) is 0 Å². The van der Waals surface area contributed by atoms with Gasteiger partial charge in [-0.25, -0.2) is 0 Å². The molecule has 5 heteroatoms. The summed E-state index contributed by atoms with van der Waals surface area (Å²) in [5.41, 5.74) is 3.51. The van der Waals surface area contributed by atoms with Crippen molar-refractivity contribution in [3.63, 3.8) is 0 Å². The van der Waals surface area contributed by atoms with Gasteiger partial charge < -0.3 is 15.1 Å². The Bertz CT molecular complexity index is 767. The van der Waals surface area contributed by atoms with Crippen molar-refractivity contribution in [3.05, 3.63) is 59.2 Å². The molecule has 0 radical (unpaired) electrons. The highest BCUT2D eigenvalue weighted by atomic mass is 16.2. The number of hydrogen-bond donors (Lipinski definition) is 1. The molecule has 5 nitrogen and oxygen atoms in total. The molecule has 0 fully saturated rings. The van der Waals surface area contributed by atoms with E-state index in [4.69, 9.17) is 0 Å². The van der Waals surface area contributed by atoms with Crippen molar-refractivity contribution in [1.82, 2.24) is 4.90 Å². The Morgan fingerprint density at radius 3 is 2.21 bits per heavy atom. The second kappa shape index (κ2) is 7.17. The maximum atomic E-state index is 12.6. The maximum absolute atomic E-state index is 12.6. The molecule has 0 aliphatic carbocycles. The number of nitrogens with one attached hydrogen (secondary N) is 1. The summed E-state index contributed by atoms with van der Waals surface area (Å²) in [6, 6.07) is 12.7. The summed E-state index contributed by atoms with van der Waals surface area (Å²) in [6.45, 7) is 1.90. The molecule has 0 aliphatic heterocycles. The van der Waals surface area contributed by atoms with Gasteiger partial charge in [-0.1, -0.05) is 18.2 Å². The van der Waals surface area contributed by atoms with Gasteiger partial charge in [0, 0.05) is 39.3 Å². The van der Waals surface area contributed by atoms with Crippen LogP contribution in [-0.4, -0.2) is 44.9 Å². The minimum atomic E-state index is -0.189. The van der Waals surface area contributed by atoms with Crippen LogP contribution >= 0.6 is 0 Å². The molecule has 24 heavy (non-hydrogen) atoms. The van der Waals surface area contributed by atoms with E-state index in [0.717, 1.165) is 11.3 Å². The second-order valence-corrected chi connectivity index (χ2v) is 6.09. The molecule has 0 spiro atoms. The molecule has 0 saturated carbocycles. The Morgan fingerprint density at radius 2 is 1.62 bits per heavy atom. The van der Waals surface area contributed by atoms with Crippen molar-refractivity contribution < 1.29 is 9.59 Å². The largest absolute Gasteiger partial charge is 0.376 e. The van der Waals surface area contributed by atoms with Crippen LogP contribution in [0.5, 0.6) is 0 Å². The van der Waals surface area contributed by atoms with Crippen LogP contribution in [0.2, 0.25) is 0 Å². The van der Waals surface area contributed by atoms with Crippen LogP contribution in [0.1, 0.15) is 26.3 Å². The number of carbonyl (C=O) groups excluding carboxylic acids is 2. The summed E-state index contributed by atoms with van der Waals surface area (Å²) in [5.74, 6) is -0.294. The quantitative estimate of drug-likeness (QED) is 0.940. The van der Waals surface area contributed by atoms with E-state index in [0.29, 0.717) is 16.8 Å². The first kappa shape index (κ1) is 17.5. The maximum Gasteiger partial charge on any atom is 0.255 e. The fourth-order valence-corrected chi connectivity index (χ4v) is 2.43. The molecular weight excluding hydrogens is 302 g/mol. The highest BCUT2D eigenvalue weighted by molar-refractivity contribution is 6.07. The van der Waals surface area contributed by atoms with E-state index in [-0.39, 0.29) is 11.8 Å². The van der Waals surface area contributed by atoms with E-state index in [1.54, 1.807) is 32.3 Å². The third kappa shape index (κ3) is 3.74. The predicted octanol–water partition coefficient (Wildman–Crippen LogP) is 3.02. The zero-order chi connectivity index (χ0) is 17.9. The molecule has 0 heterocycles. The first-order chi connectivity index (χ1) is 11.3. The van der Waals surface area contributed by atoms with E-state index in [1.165, 1.54) is 4.90 Å². The van der Waals surface area contributed by atoms with Gasteiger partial charge >= 0.3 is 0 Å². The summed E-state index contributed by atoms with van der Waals surface area (Å²) in [5, 5.41) is 2.93. The lowest BCUT2D eigenvalue weighted by Gasteiger charge is -2.20. The lowest BCUT2D eigenvalue weighted by atomic mass is 10.1. The smallest absolute Gasteiger partial charge is 0.255 e. The van der Waals surface area contributed by atoms with Crippen LogP contribution in [0.25, 0.3) is 0 Å². The van der Waals surface area contributed by atoms with E-state index in [9.17, 15) is 9.59 Å². The van der Waals surface area contributed by atoms with Crippen LogP contribution in [-0.2, 0) is 0 Å². The fourth-order valence-electron chi connectivity index (χ4n) is 2.43. The number of rotatable bonds is 4. The summed E-state index contributed by atoms with van der Waals surface area (Å²) in [7, 11) is 7.19. The van der Waals surface area contributed by atoms with Crippen molar-refractivity contribution in [2.24, 2.45) is 0 Å². The van der Waals surface area contributed by atoms with Gasteiger partial charge in [-0.2, -0.15) is 0 Å². The summed E-state index contributed by atoms with van der Waals surface area (Å²) in [4.78, 5) is 28.2. The number of amides is 2. The number of aryl methyl sites for hydroxylation is 1. The molecule has 2 amide bonds. The zero-order valence-electron chi connectivity index (χ0n) is 14.8. The molecule has 0 aliphatic rings. The molecule has 126 valence electrons. The molecule has 0 unspecified atom stereocenters. The van der Waals surface area contributed by atoms with E-state index in [1.807, 2.05) is 50.2 Å². The topological polar surface area (TPSA) is 52.7 Å². The van der Waals surface area contributed by atoms with Gasteiger partial charge in [0.25, 0.3) is 11.8 Å². The SMILES string of the molecule is Cc1ccccc1C(=O)Nc1cc(C(=O)N(C)C)ccc1N(C)C. The number of benzene rings is 2. The number of anilines is 2. The molecule has 2 aromatic rings. The highest BCUT2D eigenvalue weighted by Crippen LogP contribution is 2.27. The lowest BCUT2D eigenvalue weighted by Crippen LogP contribution is -2.23. The summed E-state index contributed by atoms with van der Waals surface area (Å²) >= 11 is 0. The minimum Gasteiger partial charge on any atom is -0.376 e. The van der Waals surface area contributed by atoms with Gasteiger partial charge in [-0.3, -0.25) is 9.59 Å². The van der Waals surface area contributed by atoms with Crippen LogP contribution in [0, 0.1) is 6.92 Å². The van der Waals surface area contributed by atoms with Crippen LogP contribution < -0.4 is 10.2 Å². The van der Waals surface area contributed by atoms with Gasteiger partial charge in [0.05, 0.1) is 11.4 Å². The standard InChI is InChI=1S/C19H23N3O2/c1-13-8-6-7-9-15(13)18(23)20-16-12-14(19(24)22(4)5)10-11-17(16)21(2)3/h6-12H,1-5H3,(H,20,23). The number of carbonyl (C=O) groups is 2. The third-order valence-electron chi connectivity index (χ3n) is 3.77. The molecule has 2 aromatic carbocycles. The first-order valence-corrected chi connectivity index (χ1v) is 7.71. The molecule has 1 N–H and O–H groups in total. The van der Waals surface area contributed by atoms with E-state index in [2.05, 4.69) is 5.32 Å². The summed E-state index contributed by atoms with van der Waals surface area (Å²) < 4.78 is 0. The van der Waals surface area contributed by atoms with E-state index < -0.39 is 0 Å². The van der Waals surface area contributed by atoms with Crippen molar-refractivity contribution in [3.8, 4) is 0 Å². The Labute approximate surface area is 142 Å². The van der Waals surface area contributed by atoms with Crippen molar-refractivity contribution in [2.75, 3.05) is 38.4 Å². The highest BCUT2D eigenvalue weighted by Gasteiger charge is 2.15. The van der Waals surface area contributed by atoms with Crippen molar-refractivity contribution >= 4 is 23.2 Å². The first-order valence-electron chi connectivity index (χ1n) is 7.71. The zero-order valence-corrected chi connectivity index (χ0v) is 14.8. The third-order valence-corrected chi connectivity index (χ3v) is 3.77. The summed E-state index contributed by atoms with van der Waals surface area (Å²) in [6.07, 6.45) is 0. The monoisotopic (exact) mass is 325 g/mol. The predicted molar refractivity (Wildman–Crippen MR) is 97.9 cm³/mol. The average molecular weight is 325 g/mol. The molecular formula is C19H23N3O2. The van der Waals surface area contributed by atoms with Crippen molar-refractivity contribution in [1.29, 1.82) is 0 Å². The Hall–Kier alpha value is -2.82. The number of nitrogens with zero attached hydrogens (tertiary/aromatic N) is 2. The minimum absolute atomic E-state index is 0.105. The number of hydrogen-bond acceptors (Lipinski definition) is 3. The molecule has 2 rings (SSSR count). The Kier molecular flexibility index (Phi) is 5.24. The van der Waals surface area contributed by atoms with Gasteiger partial charge in [0.2, 0.25) is 0 Å². The molecule has 0 saturated heterocycles. The Morgan fingerprint density at radius 1 is 0.958 bits per heavy atom. The van der Waals surface area contributed by atoms with Crippen molar-refractivity contribution in [2.45, 2.75) is 6.92 Å². The lowest BCUT2D eigenvalue weighted by molar-refractivity contribution is 0.0827. The van der Waals surface area contributed by atoms with E-state index >= 15 is 0 Å². The normalized spacial score (nSPS) is 10.2. The molecule has 0 atom stereocenters. The molecule has 0 aromatic heterocycles. The second-order valence-electron chi connectivity index (χ2n) is 6.09. The fraction of sp³-hybridized carbons (Fsp3) is 0.263. The van der Waals surface area contributed by atoms with Gasteiger partial charge in [-0.15, -0.1) is 0 Å². The van der Waals surface area contributed by atoms with Crippen LogP contribution in [0.4, 0.5) is 11.4 Å². The van der Waals surface area contributed by atoms with Gasteiger partial charge in [-0.05, 0) is 36.8 Å². The van der Waals surface area contributed by atoms with Crippen LogP contribution in [0.3, 0.4) is 0 Å².